The Morgan fingerprint density at radius 1 is 0.680 bits per heavy atom. The fourth-order valence-electron chi connectivity index (χ4n) is 4.20. The van der Waals surface area contributed by atoms with Crippen molar-refractivity contribution in [2.75, 3.05) is 13.2 Å². The molecular weight excluding hydrogens is 714 g/mol. The molecule has 2 aromatic rings. The summed E-state index contributed by atoms with van der Waals surface area (Å²) in [5.41, 5.74) is 0.250. The molecule has 2 aromatic carbocycles. The molecule has 0 aromatic heterocycles. The lowest BCUT2D eigenvalue weighted by Gasteiger charge is -2.38. The zero-order chi connectivity index (χ0) is 37.9. The van der Waals surface area contributed by atoms with Gasteiger partial charge in [-0.2, -0.15) is 48.3 Å². The first-order valence-electron chi connectivity index (χ1n) is 14.1. The molecule has 8 nitrogen and oxygen atoms in total. The normalized spacial score (nSPS) is 18.8. The van der Waals surface area contributed by atoms with E-state index in [9.17, 15) is 62.7 Å². The van der Waals surface area contributed by atoms with Crippen molar-refractivity contribution in [2.45, 2.75) is 68.5 Å². The minimum Gasteiger partial charge on any atom is -0.494 e. The molecule has 0 radical (unpaired) electrons. The van der Waals surface area contributed by atoms with Crippen LogP contribution in [-0.4, -0.2) is 71.9 Å². The third-order valence-corrected chi connectivity index (χ3v) is 6.89. The fraction of sp³-hybridized carbons (Fsp3) is 0.433. The quantitative estimate of drug-likeness (QED) is 0.0483. The number of carbonyl (C=O) groups is 3. The van der Waals surface area contributed by atoms with E-state index < -0.39 is 70.2 Å². The number of benzene rings is 2. The standard InChI is InChI=1S/C30H25F12NO7/c1-17(2)22(44)48-16-6-4-3-5-15-47-19-9-7-18(8-10-19)23(45)49-20-11-13-21(14-12-20)50-24(46)25(31,28(36,37)38)43-29(39,40)26(32,33)27(34,35)30(43,41)42/h7-14H,1,3-6,15-16H2,2H3. The number of rotatable bonds is 14. The van der Waals surface area contributed by atoms with Crippen LogP contribution in [0, 0.1) is 0 Å². The molecule has 276 valence electrons. The van der Waals surface area contributed by atoms with Crippen molar-refractivity contribution in [1.29, 1.82) is 0 Å². The van der Waals surface area contributed by atoms with E-state index >= 15 is 4.39 Å². The third-order valence-electron chi connectivity index (χ3n) is 6.89. The van der Waals surface area contributed by atoms with Gasteiger partial charge in [0.1, 0.15) is 17.2 Å². The summed E-state index contributed by atoms with van der Waals surface area (Å²) in [7, 11) is 0. The van der Waals surface area contributed by atoms with Gasteiger partial charge >= 0.3 is 53.8 Å². The molecule has 0 aliphatic carbocycles. The van der Waals surface area contributed by atoms with Crippen LogP contribution in [0.4, 0.5) is 52.7 Å². The highest BCUT2D eigenvalue weighted by Crippen LogP contribution is 2.66. The number of esters is 3. The van der Waals surface area contributed by atoms with E-state index in [0.717, 1.165) is 12.8 Å². The first kappa shape index (κ1) is 39.9. The third kappa shape index (κ3) is 7.48. The molecule has 1 heterocycles. The zero-order valence-electron chi connectivity index (χ0n) is 25.4. The van der Waals surface area contributed by atoms with Crippen molar-refractivity contribution in [3.63, 3.8) is 0 Å². The Kier molecular flexibility index (Phi) is 11.5. The van der Waals surface area contributed by atoms with E-state index in [2.05, 4.69) is 11.3 Å². The van der Waals surface area contributed by atoms with Crippen LogP contribution in [-0.2, 0) is 14.3 Å². The average Bonchev–Trinajstić information content (AvgIpc) is 3.09. The molecule has 1 aliphatic heterocycles. The van der Waals surface area contributed by atoms with Gasteiger partial charge in [-0.1, -0.05) is 6.58 Å². The summed E-state index contributed by atoms with van der Waals surface area (Å²) < 4.78 is 185. The zero-order valence-corrected chi connectivity index (χ0v) is 25.4. The lowest BCUT2D eigenvalue weighted by Crippen LogP contribution is -2.70. The lowest BCUT2D eigenvalue weighted by molar-refractivity contribution is -0.382. The largest absolute Gasteiger partial charge is 0.494 e. The topological polar surface area (TPSA) is 91.4 Å². The van der Waals surface area contributed by atoms with Crippen LogP contribution in [0.1, 0.15) is 43.0 Å². The monoisotopic (exact) mass is 739 g/mol. The number of hydrogen-bond donors (Lipinski definition) is 0. The maximum atomic E-state index is 15.0. The Morgan fingerprint density at radius 3 is 1.58 bits per heavy atom. The van der Waals surface area contributed by atoms with Crippen LogP contribution >= 0.6 is 0 Å². The Hall–Kier alpha value is -4.49. The van der Waals surface area contributed by atoms with Gasteiger partial charge in [-0.25, -0.2) is 18.8 Å². The Morgan fingerprint density at radius 2 is 1.12 bits per heavy atom. The van der Waals surface area contributed by atoms with Gasteiger partial charge in [-0.05, 0) is 81.1 Å². The van der Waals surface area contributed by atoms with E-state index in [1.165, 1.54) is 31.2 Å². The predicted octanol–water partition coefficient (Wildman–Crippen LogP) is 7.87. The van der Waals surface area contributed by atoms with Crippen LogP contribution in [0.25, 0.3) is 0 Å². The highest BCUT2D eigenvalue weighted by atomic mass is 19.4. The highest BCUT2D eigenvalue weighted by Gasteiger charge is 2.98. The molecule has 0 N–H and O–H groups in total. The molecule has 1 unspecified atom stereocenters. The van der Waals surface area contributed by atoms with Crippen LogP contribution in [0.3, 0.4) is 0 Å². The second-order valence-corrected chi connectivity index (χ2v) is 10.6. The Balaban J connectivity index is 1.59. The molecule has 20 heteroatoms. The number of hydrogen-bond acceptors (Lipinski definition) is 8. The van der Waals surface area contributed by atoms with E-state index in [1.807, 2.05) is 0 Å². The number of carbonyl (C=O) groups excluding carboxylic acids is 3. The first-order chi connectivity index (χ1) is 22.9. The van der Waals surface area contributed by atoms with Gasteiger partial charge in [0.25, 0.3) is 0 Å². The van der Waals surface area contributed by atoms with Crippen LogP contribution in [0.2, 0.25) is 0 Å². The molecule has 0 saturated carbocycles. The summed E-state index contributed by atoms with van der Waals surface area (Å²) in [6, 6.07) is -6.84. The summed E-state index contributed by atoms with van der Waals surface area (Å²) in [6.07, 6.45) is -4.41. The molecule has 1 atom stereocenters. The molecule has 0 amide bonds. The van der Waals surface area contributed by atoms with Gasteiger partial charge in [0.15, 0.2) is 0 Å². The number of halogens is 12. The van der Waals surface area contributed by atoms with E-state index in [0.29, 0.717) is 55.0 Å². The van der Waals surface area contributed by atoms with Crippen molar-refractivity contribution in [1.82, 2.24) is 4.90 Å². The summed E-state index contributed by atoms with van der Waals surface area (Å²) in [5, 5.41) is 0. The van der Waals surface area contributed by atoms with E-state index in [1.54, 1.807) is 0 Å². The molecule has 1 saturated heterocycles. The molecule has 0 bridgehead atoms. The highest BCUT2D eigenvalue weighted by molar-refractivity contribution is 5.91. The second kappa shape index (κ2) is 14.4. The maximum absolute atomic E-state index is 15.0. The Bertz CT molecular complexity index is 1540. The van der Waals surface area contributed by atoms with Gasteiger partial charge in [-0.3, -0.25) is 0 Å². The summed E-state index contributed by atoms with van der Waals surface area (Å²) in [6.45, 7) is 5.58. The SMILES string of the molecule is C=C(C)C(=O)OCCCCCCOc1ccc(C(=O)Oc2ccc(OC(=O)C(F)(N3C(F)(F)C(F)(F)C(F)(F)C3(F)F)C(F)(F)F)cc2)cc1. The predicted molar refractivity (Wildman–Crippen MR) is 145 cm³/mol. The first-order valence-corrected chi connectivity index (χ1v) is 14.1. The minimum absolute atomic E-state index is 0.0503. The van der Waals surface area contributed by atoms with Crippen molar-refractivity contribution in [3.05, 3.63) is 66.2 Å². The van der Waals surface area contributed by atoms with Crippen molar-refractivity contribution in [2.24, 2.45) is 0 Å². The number of nitrogens with zero attached hydrogens (tertiary/aromatic N) is 1. The van der Waals surface area contributed by atoms with Crippen LogP contribution in [0.5, 0.6) is 17.2 Å². The number of likely N-dealkylation sites (tertiary alicyclic amines) is 1. The smallest absolute Gasteiger partial charge is 0.448 e. The lowest BCUT2D eigenvalue weighted by atomic mass is 10.2. The number of unbranched alkanes of at least 4 members (excludes halogenated alkanes) is 3. The second-order valence-electron chi connectivity index (χ2n) is 10.6. The van der Waals surface area contributed by atoms with Gasteiger partial charge in [0, 0.05) is 5.57 Å². The van der Waals surface area contributed by atoms with Gasteiger partial charge in [-0.15, -0.1) is 4.90 Å². The van der Waals surface area contributed by atoms with Gasteiger partial charge < -0.3 is 18.9 Å². The van der Waals surface area contributed by atoms with Crippen molar-refractivity contribution in [3.8, 4) is 17.2 Å². The molecule has 50 heavy (non-hydrogen) atoms. The Labute approximate surface area is 274 Å². The van der Waals surface area contributed by atoms with E-state index in [4.69, 9.17) is 14.2 Å². The van der Waals surface area contributed by atoms with Crippen molar-refractivity contribution < 1.29 is 86.0 Å². The van der Waals surface area contributed by atoms with Crippen LogP contribution in [0.15, 0.2) is 60.7 Å². The van der Waals surface area contributed by atoms with Crippen molar-refractivity contribution >= 4 is 17.9 Å². The minimum atomic E-state index is -7.28. The molecular formula is C30H25F12NO7. The molecule has 1 aliphatic rings. The molecule has 3 rings (SSSR count). The van der Waals surface area contributed by atoms with Crippen LogP contribution < -0.4 is 14.2 Å². The molecule has 1 fully saturated rings. The van der Waals surface area contributed by atoms with Gasteiger partial charge in [0.05, 0.1) is 18.8 Å². The fourth-order valence-corrected chi connectivity index (χ4v) is 4.20. The summed E-state index contributed by atoms with van der Waals surface area (Å²) in [4.78, 5) is 32.3. The van der Waals surface area contributed by atoms with E-state index in [-0.39, 0.29) is 12.2 Å². The summed E-state index contributed by atoms with van der Waals surface area (Å²) >= 11 is 0. The van der Waals surface area contributed by atoms with Gasteiger partial charge in [0.2, 0.25) is 0 Å². The summed E-state index contributed by atoms with van der Waals surface area (Å²) in [5.74, 6) is -28.0. The average molecular weight is 740 g/mol. The number of alkyl halides is 12. The number of ether oxygens (including phenoxy) is 4. The molecule has 0 spiro atoms. The maximum Gasteiger partial charge on any atom is 0.448 e.